The fourth-order valence-electron chi connectivity index (χ4n) is 4.01. The van der Waals surface area contributed by atoms with Crippen molar-refractivity contribution >= 4 is 11.6 Å². The summed E-state index contributed by atoms with van der Waals surface area (Å²) in [5, 5.41) is 11.1. The Morgan fingerprint density at radius 1 is 1.43 bits per heavy atom. The van der Waals surface area contributed by atoms with E-state index in [0.717, 1.165) is 49.0 Å². The molecular formula is C22H25FN4O3. The topological polar surface area (TPSA) is 82.2 Å². The van der Waals surface area contributed by atoms with E-state index in [4.69, 9.17) is 9.26 Å². The fraction of sp³-hybridized carbons (Fsp3) is 0.409. The van der Waals surface area contributed by atoms with E-state index in [1.54, 1.807) is 29.2 Å². The lowest BCUT2D eigenvalue weighted by Gasteiger charge is -2.20. The minimum atomic E-state index is -0.423. The number of aryl methyl sites for hydroxylation is 1. The molecule has 8 heteroatoms. The van der Waals surface area contributed by atoms with Crippen molar-refractivity contribution < 1.29 is 18.4 Å². The zero-order valence-corrected chi connectivity index (χ0v) is 17.2. The molecule has 0 saturated heterocycles. The van der Waals surface area contributed by atoms with Crippen molar-refractivity contribution in [3.63, 3.8) is 0 Å². The van der Waals surface area contributed by atoms with E-state index in [9.17, 15) is 9.18 Å². The van der Waals surface area contributed by atoms with Crippen LogP contribution in [0.4, 0.5) is 10.1 Å². The standard InChI is InChI=1S/C22H25FN4O3/c1-3-4-14-5-7-19-17(9-14)21(26-30-19)22(28)25-16-11-24-27(13-16)12-15-6-8-20(29-2)18(23)10-15/h6,8,10-11,13-14H,3-5,7,9,12H2,1-2H3,(H,25,28). The molecule has 0 radical (unpaired) electrons. The second kappa shape index (κ2) is 8.69. The molecule has 0 aliphatic heterocycles. The van der Waals surface area contributed by atoms with Crippen molar-refractivity contribution in [2.75, 3.05) is 12.4 Å². The van der Waals surface area contributed by atoms with Crippen LogP contribution in [0.15, 0.2) is 35.1 Å². The Labute approximate surface area is 174 Å². The van der Waals surface area contributed by atoms with Gasteiger partial charge in [0, 0.05) is 18.2 Å². The molecule has 2 heterocycles. The van der Waals surface area contributed by atoms with Gasteiger partial charge in [-0.25, -0.2) is 4.39 Å². The Morgan fingerprint density at radius 3 is 3.07 bits per heavy atom. The van der Waals surface area contributed by atoms with E-state index >= 15 is 0 Å². The summed E-state index contributed by atoms with van der Waals surface area (Å²) < 4.78 is 25.8. The lowest BCUT2D eigenvalue weighted by molar-refractivity contribution is 0.101. The number of nitrogens with one attached hydrogen (secondary N) is 1. The Balaban J connectivity index is 1.43. The van der Waals surface area contributed by atoms with Gasteiger partial charge >= 0.3 is 0 Å². The first kappa shape index (κ1) is 20.1. The predicted molar refractivity (Wildman–Crippen MR) is 109 cm³/mol. The maximum Gasteiger partial charge on any atom is 0.278 e. The number of halogens is 1. The highest BCUT2D eigenvalue weighted by molar-refractivity contribution is 6.03. The maximum absolute atomic E-state index is 13.9. The summed E-state index contributed by atoms with van der Waals surface area (Å²) in [4.78, 5) is 12.8. The van der Waals surface area contributed by atoms with Crippen LogP contribution in [0.25, 0.3) is 0 Å². The maximum atomic E-state index is 13.9. The number of rotatable bonds is 7. The molecule has 1 aromatic carbocycles. The number of ether oxygens (including phenoxy) is 1. The van der Waals surface area contributed by atoms with Crippen LogP contribution in [0.3, 0.4) is 0 Å². The molecule has 3 aromatic rings. The first-order valence-corrected chi connectivity index (χ1v) is 10.2. The third-order valence-electron chi connectivity index (χ3n) is 5.51. The van der Waals surface area contributed by atoms with E-state index < -0.39 is 5.82 Å². The average Bonchev–Trinajstić information content (AvgIpc) is 3.35. The highest BCUT2D eigenvalue weighted by atomic mass is 19.1. The first-order valence-electron chi connectivity index (χ1n) is 10.2. The normalized spacial score (nSPS) is 15.6. The summed E-state index contributed by atoms with van der Waals surface area (Å²) in [6, 6.07) is 4.76. The smallest absolute Gasteiger partial charge is 0.278 e. The van der Waals surface area contributed by atoms with E-state index in [-0.39, 0.29) is 11.7 Å². The monoisotopic (exact) mass is 412 g/mol. The van der Waals surface area contributed by atoms with Crippen LogP contribution in [0.5, 0.6) is 5.75 Å². The number of fused-ring (bicyclic) bond motifs is 1. The Morgan fingerprint density at radius 2 is 2.30 bits per heavy atom. The molecule has 1 atom stereocenters. The molecule has 1 N–H and O–H groups in total. The third kappa shape index (κ3) is 4.22. The fourth-order valence-corrected chi connectivity index (χ4v) is 4.01. The molecule has 0 fully saturated rings. The Kier molecular flexibility index (Phi) is 5.83. The number of carbonyl (C=O) groups is 1. The molecule has 0 bridgehead atoms. The minimum Gasteiger partial charge on any atom is -0.494 e. The van der Waals surface area contributed by atoms with Gasteiger partial charge in [-0.3, -0.25) is 9.48 Å². The van der Waals surface area contributed by atoms with Gasteiger partial charge in [0.15, 0.2) is 17.3 Å². The van der Waals surface area contributed by atoms with E-state index in [2.05, 4.69) is 22.5 Å². The number of aromatic nitrogens is 3. The molecule has 7 nitrogen and oxygen atoms in total. The molecule has 0 saturated carbocycles. The molecular weight excluding hydrogens is 387 g/mol. The SMILES string of the molecule is CCCC1CCc2onc(C(=O)Nc3cnn(Cc4ccc(OC)c(F)c4)c3)c2C1. The van der Waals surface area contributed by atoms with Gasteiger partial charge in [-0.1, -0.05) is 31.0 Å². The number of benzene rings is 1. The number of methoxy groups -OCH3 is 1. The van der Waals surface area contributed by atoms with Crippen molar-refractivity contribution in [3.8, 4) is 5.75 Å². The number of amides is 1. The minimum absolute atomic E-state index is 0.198. The van der Waals surface area contributed by atoms with Crippen LogP contribution in [0.2, 0.25) is 0 Å². The molecule has 1 unspecified atom stereocenters. The number of nitrogens with zero attached hydrogens (tertiary/aromatic N) is 3. The number of carbonyl (C=O) groups excluding carboxylic acids is 1. The van der Waals surface area contributed by atoms with Gasteiger partial charge in [-0.15, -0.1) is 0 Å². The second-order valence-electron chi connectivity index (χ2n) is 7.68. The van der Waals surface area contributed by atoms with Gasteiger partial charge in [-0.05, 0) is 36.5 Å². The van der Waals surface area contributed by atoms with Gasteiger partial charge in [0.25, 0.3) is 5.91 Å². The number of hydrogen-bond acceptors (Lipinski definition) is 5. The summed E-state index contributed by atoms with van der Waals surface area (Å²) in [7, 11) is 1.43. The van der Waals surface area contributed by atoms with Crippen LogP contribution < -0.4 is 10.1 Å². The van der Waals surface area contributed by atoms with E-state index in [0.29, 0.717) is 23.8 Å². The largest absolute Gasteiger partial charge is 0.494 e. The summed E-state index contributed by atoms with van der Waals surface area (Å²) >= 11 is 0. The Bertz CT molecular complexity index is 1040. The van der Waals surface area contributed by atoms with Crippen LogP contribution in [0.1, 0.15) is 53.6 Å². The van der Waals surface area contributed by atoms with E-state index in [1.807, 2.05) is 0 Å². The molecule has 30 heavy (non-hydrogen) atoms. The van der Waals surface area contributed by atoms with E-state index in [1.165, 1.54) is 13.2 Å². The predicted octanol–water partition coefficient (Wildman–Crippen LogP) is 4.22. The molecule has 2 aromatic heterocycles. The molecule has 158 valence electrons. The molecule has 4 rings (SSSR count). The van der Waals surface area contributed by atoms with Gasteiger partial charge in [0.2, 0.25) is 0 Å². The van der Waals surface area contributed by atoms with Crippen LogP contribution in [0, 0.1) is 11.7 Å². The van der Waals surface area contributed by atoms with Crippen LogP contribution in [-0.2, 0) is 19.4 Å². The van der Waals surface area contributed by atoms with Gasteiger partial charge in [-0.2, -0.15) is 5.10 Å². The van der Waals surface area contributed by atoms with Crippen molar-refractivity contribution in [3.05, 3.63) is 59.0 Å². The second-order valence-corrected chi connectivity index (χ2v) is 7.68. The molecule has 1 aliphatic rings. The quantitative estimate of drug-likeness (QED) is 0.628. The third-order valence-corrected chi connectivity index (χ3v) is 5.51. The highest BCUT2D eigenvalue weighted by Gasteiger charge is 2.28. The average molecular weight is 412 g/mol. The van der Waals surface area contributed by atoms with Gasteiger partial charge in [0.1, 0.15) is 5.76 Å². The molecule has 1 aliphatic carbocycles. The lowest BCUT2D eigenvalue weighted by Crippen LogP contribution is -2.18. The van der Waals surface area contributed by atoms with Crippen LogP contribution in [-0.4, -0.2) is 28.0 Å². The Hall–Kier alpha value is -3.16. The zero-order chi connectivity index (χ0) is 21.1. The number of anilines is 1. The summed E-state index contributed by atoms with van der Waals surface area (Å²) in [6.45, 7) is 2.55. The van der Waals surface area contributed by atoms with Gasteiger partial charge in [0.05, 0.1) is 25.5 Å². The zero-order valence-electron chi connectivity index (χ0n) is 17.2. The van der Waals surface area contributed by atoms with Gasteiger partial charge < -0.3 is 14.6 Å². The highest BCUT2D eigenvalue weighted by Crippen LogP contribution is 2.31. The molecule has 0 spiro atoms. The molecule has 1 amide bonds. The van der Waals surface area contributed by atoms with Crippen molar-refractivity contribution in [2.24, 2.45) is 5.92 Å². The van der Waals surface area contributed by atoms with Crippen LogP contribution >= 0.6 is 0 Å². The number of hydrogen-bond donors (Lipinski definition) is 1. The summed E-state index contributed by atoms with van der Waals surface area (Å²) in [6.07, 6.45) is 8.27. The summed E-state index contributed by atoms with van der Waals surface area (Å²) in [5.41, 5.74) is 2.57. The van der Waals surface area contributed by atoms with Crippen molar-refractivity contribution in [2.45, 2.75) is 45.6 Å². The summed E-state index contributed by atoms with van der Waals surface area (Å²) in [5.74, 6) is 0.871. The lowest BCUT2D eigenvalue weighted by atomic mass is 9.84. The first-order chi connectivity index (χ1) is 14.6. The van der Waals surface area contributed by atoms with Crippen molar-refractivity contribution in [1.82, 2.24) is 14.9 Å². The van der Waals surface area contributed by atoms with Crippen molar-refractivity contribution in [1.29, 1.82) is 0 Å².